The fraction of sp³-hybridized carbons (Fsp3) is 0.429. The molecule has 0 saturated carbocycles. The molecule has 5 nitrogen and oxygen atoms in total. The van der Waals surface area contributed by atoms with Crippen molar-refractivity contribution in [3.63, 3.8) is 0 Å². The number of hydrogen-bond donors (Lipinski definition) is 0. The molecule has 0 amide bonds. The lowest BCUT2D eigenvalue weighted by Crippen LogP contribution is -2.46. The number of aromatic nitrogens is 1. The van der Waals surface area contributed by atoms with Crippen molar-refractivity contribution in [3.05, 3.63) is 51.6 Å². The Morgan fingerprint density at radius 3 is 2.71 bits per heavy atom. The summed E-state index contributed by atoms with van der Waals surface area (Å²) in [6.07, 6.45) is 4.01. The van der Waals surface area contributed by atoms with E-state index in [2.05, 4.69) is 19.8 Å². The first-order chi connectivity index (χ1) is 13.7. The van der Waals surface area contributed by atoms with E-state index in [0.717, 1.165) is 62.5 Å². The third-order valence-corrected chi connectivity index (χ3v) is 6.03. The summed E-state index contributed by atoms with van der Waals surface area (Å²) in [7, 11) is 0. The highest BCUT2D eigenvalue weighted by Crippen LogP contribution is 2.32. The van der Waals surface area contributed by atoms with Crippen molar-refractivity contribution in [1.82, 2.24) is 9.88 Å². The lowest BCUT2D eigenvalue weighted by Gasteiger charge is -2.36. The number of fused-ring (bicyclic) bond motifs is 1. The van der Waals surface area contributed by atoms with Crippen molar-refractivity contribution in [2.75, 3.05) is 44.2 Å². The molecule has 0 N–H and O–H groups in total. The smallest absolute Gasteiger partial charge is 0.213 e. The van der Waals surface area contributed by atoms with E-state index >= 15 is 0 Å². The Balaban J connectivity index is 1.15. The minimum Gasteiger partial charge on any atom is -0.478 e. The molecule has 0 spiro atoms. The van der Waals surface area contributed by atoms with E-state index in [0.29, 0.717) is 29.1 Å². The third kappa shape index (κ3) is 4.59. The molecule has 2 aliphatic rings. The summed E-state index contributed by atoms with van der Waals surface area (Å²) in [5.41, 5.74) is 3.15. The topological polar surface area (TPSA) is 41.0 Å². The zero-order valence-electron chi connectivity index (χ0n) is 15.8. The maximum absolute atomic E-state index is 6.35. The molecule has 148 valence electrons. The quantitative estimate of drug-likeness (QED) is 0.628. The number of aliphatic imine (C=N–C) groups is 1. The van der Waals surface area contributed by atoms with Gasteiger partial charge in [-0.1, -0.05) is 29.3 Å². The highest BCUT2D eigenvalue weighted by Gasteiger charge is 2.19. The van der Waals surface area contributed by atoms with Gasteiger partial charge in [0.15, 0.2) is 0 Å². The van der Waals surface area contributed by atoms with Crippen LogP contribution in [0, 0.1) is 0 Å². The van der Waals surface area contributed by atoms with Gasteiger partial charge in [0.05, 0.1) is 34.6 Å². The Morgan fingerprint density at radius 1 is 1.00 bits per heavy atom. The van der Waals surface area contributed by atoms with Crippen LogP contribution in [-0.2, 0) is 6.54 Å². The van der Waals surface area contributed by atoms with E-state index in [-0.39, 0.29) is 0 Å². The van der Waals surface area contributed by atoms with Crippen molar-refractivity contribution in [1.29, 1.82) is 0 Å². The molecule has 7 heteroatoms. The molecule has 2 aromatic rings. The van der Waals surface area contributed by atoms with E-state index in [9.17, 15) is 0 Å². The number of nitrogens with zero attached hydrogens (tertiary/aromatic N) is 4. The molecular weight excluding hydrogens is 395 g/mol. The standard InChI is InChI=1S/C21H24Cl2N4O/c22-17-4-3-5-19(21(17)23)27-11-9-26(10-12-27)8-1-2-13-28-20-7-6-16-14-24-15-18(16)25-20/h3-7,14H,1-2,8-13,15H2. The Kier molecular flexibility index (Phi) is 6.35. The predicted molar refractivity (Wildman–Crippen MR) is 115 cm³/mol. The predicted octanol–water partition coefficient (Wildman–Crippen LogP) is 4.30. The third-order valence-electron chi connectivity index (χ3n) is 5.22. The number of halogens is 2. The van der Waals surface area contributed by atoms with E-state index in [1.54, 1.807) is 0 Å². The van der Waals surface area contributed by atoms with Crippen LogP contribution in [0.15, 0.2) is 35.3 Å². The first-order valence-electron chi connectivity index (χ1n) is 9.74. The monoisotopic (exact) mass is 418 g/mol. The number of ether oxygens (including phenoxy) is 1. The number of rotatable bonds is 7. The van der Waals surface area contributed by atoms with Crippen molar-refractivity contribution in [2.45, 2.75) is 19.4 Å². The summed E-state index contributed by atoms with van der Waals surface area (Å²) in [6, 6.07) is 9.78. The van der Waals surface area contributed by atoms with E-state index < -0.39 is 0 Å². The van der Waals surface area contributed by atoms with Crippen LogP contribution in [0.5, 0.6) is 5.88 Å². The molecule has 0 radical (unpaired) electrons. The number of benzene rings is 1. The average Bonchev–Trinajstić information content (AvgIpc) is 3.18. The highest BCUT2D eigenvalue weighted by molar-refractivity contribution is 6.43. The van der Waals surface area contributed by atoms with Gasteiger partial charge in [0.25, 0.3) is 0 Å². The second kappa shape index (κ2) is 9.12. The second-order valence-corrected chi connectivity index (χ2v) is 7.90. The largest absolute Gasteiger partial charge is 0.478 e. The second-order valence-electron chi connectivity index (χ2n) is 7.11. The van der Waals surface area contributed by atoms with Crippen molar-refractivity contribution < 1.29 is 4.74 Å². The summed E-state index contributed by atoms with van der Waals surface area (Å²) >= 11 is 12.5. The molecule has 1 fully saturated rings. The number of unbranched alkanes of at least 4 members (excludes halogenated alkanes) is 1. The van der Waals surface area contributed by atoms with Gasteiger partial charge in [-0.05, 0) is 37.6 Å². The minimum atomic E-state index is 0.618. The first kappa shape index (κ1) is 19.5. The van der Waals surface area contributed by atoms with Crippen LogP contribution in [0.4, 0.5) is 5.69 Å². The number of hydrogen-bond acceptors (Lipinski definition) is 5. The van der Waals surface area contributed by atoms with Gasteiger partial charge in [-0.15, -0.1) is 0 Å². The van der Waals surface area contributed by atoms with E-state index in [1.807, 2.05) is 36.5 Å². The number of pyridine rings is 1. The summed E-state index contributed by atoms with van der Waals surface area (Å²) in [4.78, 5) is 13.5. The molecular formula is C21H24Cl2N4O. The van der Waals surface area contributed by atoms with Gasteiger partial charge in [0.2, 0.25) is 5.88 Å². The normalized spacial score (nSPS) is 16.4. The summed E-state index contributed by atoms with van der Waals surface area (Å²) in [6.45, 7) is 6.47. The zero-order chi connectivity index (χ0) is 19.3. The molecule has 0 atom stereocenters. The molecule has 1 saturated heterocycles. The molecule has 28 heavy (non-hydrogen) atoms. The van der Waals surface area contributed by atoms with Gasteiger partial charge >= 0.3 is 0 Å². The molecule has 1 aromatic heterocycles. The van der Waals surface area contributed by atoms with Gasteiger partial charge in [-0.2, -0.15) is 0 Å². The van der Waals surface area contributed by atoms with Gasteiger partial charge in [-0.25, -0.2) is 4.98 Å². The van der Waals surface area contributed by atoms with Crippen LogP contribution in [0.3, 0.4) is 0 Å². The molecule has 4 rings (SSSR count). The molecule has 0 unspecified atom stereocenters. The molecule has 2 aliphatic heterocycles. The average molecular weight is 419 g/mol. The lowest BCUT2D eigenvalue weighted by molar-refractivity contribution is 0.236. The summed E-state index contributed by atoms with van der Waals surface area (Å²) in [5.74, 6) is 0.705. The van der Waals surface area contributed by atoms with Crippen molar-refractivity contribution >= 4 is 35.1 Å². The highest BCUT2D eigenvalue weighted by atomic mass is 35.5. The zero-order valence-corrected chi connectivity index (χ0v) is 17.3. The van der Waals surface area contributed by atoms with Gasteiger partial charge in [0, 0.05) is 44.0 Å². The maximum Gasteiger partial charge on any atom is 0.213 e. The summed E-state index contributed by atoms with van der Waals surface area (Å²) < 4.78 is 5.80. The molecule has 3 heterocycles. The van der Waals surface area contributed by atoms with Crippen LogP contribution in [0.25, 0.3) is 0 Å². The van der Waals surface area contributed by atoms with Crippen LogP contribution < -0.4 is 9.64 Å². The Hall–Kier alpha value is -1.82. The number of anilines is 1. The lowest BCUT2D eigenvalue weighted by atomic mass is 10.2. The Labute approximate surface area is 175 Å². The van der Waals surface area contributed by atoms with Gasteiger partial charge in [0.1, 0.15) is 0 Å². The number of piperazine rings is 1. The fourth-order valence-corrected chi connectivity index (χ4v) is 4.03. The van der Waals surface area contributed by atoms with Crippen LogP contribution in [-0.4, -0.2) is 55.4 Å². The van der Waals surface area contributed by atoms with Gasteiger partial charge < -0.3 is 9.64 Å². The Morgan fingerprint density at radius 2 is 1.86 bits per heavy atom. The molecule has 0 aliphatic carbocycles. The van der Waals surface area contributed by atoms with Crippen molar-refractivity contribution in [3.8, 4) is 5.88 Å². The minimum absolute atomic E-state index is 0.618. The van der Waals surface area contributed by atoms with Crippen molar-refractivity contribution in [2.24, 2.45) is 4.99 Å². The SMILES string of the molecule is Clc1cccc(N2CCN(CCCCOc3ccc4c(n3)CN=C4)CC2)c1Cl. The van der Waals surface area contributed by atoms with Crippen LogP contribution in [0.1, 0.15) is 24.1 Å². The fourth-order valence-electron chi connectivity index (χ4n) is 3.61. The van der Waals surface area contributed by atoms with E-state index in [4.69, 9.17) is 27.9 Å². The van der Waals surface area contributed by atoms with Gasteiger partial charge in [-0.3, -0.25) is 9.89 Å². The van der Waals surface area contributed by atoms with Crippen LogP contribution >= 0.6 is 23.2 Å². The first-order valence-corrected chi connectivity index (χ1v) is 10.5. The maximum atomic E-state index is 6.35. The Bertz CT molecular complexity index is 850. The molecule has 0 bridgehead atoms. The molecule has 1 aromatic carbocycles. The summed E-state index contributed by atoms with van der Waals surface area (Å²) in [5, 5.41) is 1.27. The van der Waals surface area contributed by atoms with E-state index in [1.165, 1.54) is 0 Å². The van der Waals surface area contributed by atoms with Crippen LogP contribution in [0.2, 0.25) is 10.0 Å².